The van der Waals surface area contributed by atoms with Gasteiger partial charge in [-0.25, -0.2) is 12.8 Å². The first-order valence-corrected chi connectivity index (χ1v) is 6.54. The minimum Gasteiger partial charge on any atom is -0.746 e. The van der Waals surface area contributed by atoms with Crippen molar-refractivity contribution >= 4 is 10.1 Å². The Morgan fingerprint density at radius 1 is 1.13 bits per heavy atom. The van der Waals surface area contributed by atoms with Crippen LogP contribution in [0.25, 0.3) is 0 Å². The van der Waals surface area contributed by atoms with Crippen LogP contribution in [0.3, 0.4) is 0 Å². The Balaban J connectivity index is 0. The predicted molar refractivity (Wildman–Crippen MR) is 52.6 cm³/mol. The monoisotopic (exact) mass is 232 g/mol. The molecule has 0 radical (unpaired) electrons. The predicted octanol–water partition coefficient (Wildman–Crippen LogP) is -0.418. The molecule has 86 valence electrons. The van der Waals surface area contributed by atoms with Crippen molar-refractivity contribution in [3.8, 4) is 0 Å². The van der Waals surface area contributed by atoms with Crippen molar-refractivity contribution in [3.05, 3.63) is 0 Å². The molecule has 0 aromatic rings. The van der Waals surface area contributed by atoms with Crippen LogP contribution in [-0.2, 0) is 10.1 Å². The van der Waals surface area contributed by atoms with Crippen molar-refractivity contribution in [2.24, 2.45) is 0 Å². The molecule has 0 N–H and O–H groups in total. The summed E-state index contributed by atoms with van der Waals surface area (Å²) in [6.07, 6.45) is 5.50. The van der Waals surface area contributed by atoms with Crippen molar-refractivity contribution in [3.63, 3.8) is 0 Å². The average molecular weight is 232 g/mol. The van der Waals surface area contributed by atoms with E-state index in [0.29, 0.717) is 6.42 Å². The van der Waals surface area contributed by atoms with Crippen molar-refractivity contribution in [2.45, 2.75) is 57.4 Å². The van der Waals surface area contributed by atoms with Crippen LogP contribution in [0.1, 0.15) is 51.9 Å². The number of hydrogen-bond donors (Lipinski definition) is 0. The van der Waals surface area contributed by atoms with Crippen LogP contribution >= 0.6 is 0 Å². The molecule has 0 aliphatic heterocycles. The average Bonchev–Trinajstić information content (AvgIpc) is 2.09. The van der Waals surface area contributed by atoms with Gasteiger partial charge < -0.3 is 4.55 Å². The Labute approximate surface area is 104 Å². The zero-order chi connectivity index (χ0) is 11.0. The third-order valence-corrected chi connectivity index (χ3v) is 2.96. The second kappa shape index (κ2) is 9.65. The van der Waals surface area contributed by atoms with Crippen LogP contribution in [0.15, 0.2) is 0 Å². The van der Waals surface area contributed by atoms with Crippen LogP contribution in [-0.4, -0.2) is 18.5 Å². The largest absolute Gasteiger partial charge is 1.00 e. The number of hydrogen-bond acceptors (Lipinski definition) is 3. The topological polar surface area (TPSA) is 57.2 Å². The smallest absolute Gasteiger partial charge is 0.746 e. The van der Waals surface area contributed by atoms with Gasteiger partial charge >= 0.3 is 18.9 Å². The molecule has 0 spiro atoms. The van der Waals surface area contributed by atoms with Gasteiger partial charge in [-0.3, -0.25) is 0 Å². The van der Waals surface area contributed by atoms with Crippen LogP contribution in [0.4, 0.5) is 4.39 Å². The van der Waals surface area contributed by atoms with Crippen molar-refractivity contribution in [1.29, 1.82) is 0 Å². The molecular weight excluding hydrogens is 214 g/mol. The molecule has 0 aliphatic rings. The molecule has 1 unspecified atom stereocenters. The molecule has 1 atom stereocenters. The Hall–Kier alpha value is 0.437. The van der Waals surface area contributed by atoms with E-state index >= 15 is 0 Å². The van der Waals surface area contributed by atoms with Gasteiger partial charge in [-0.15, -0.1) is 0 Å². The van der Waals surface area contributed by atoms with E-state index in [0.717, 1.165) is 32.1 Å². The second-order valence-electron chi connectivity index (χ2n) is 3.46. The second-order valence-corrected chi connectivity index (χ2v) is 4.96. The molecular formula is C9H18FLiO3S. The minimum absolute atomic E-state index is 0. The Morgan fingerprint density at radius 2 is 1.60 bits per heavy atom. The van der Waals surface area contributed by atoms with Gasteiger partial charge in [0.05, 0.1) is 0 Å². The standard InChI is InChI=1S/C9H19FO3S.Li/c1-2-3-4-5-6-7-8-9(10)14(11,12)13;/h9H,2-8H2,1H3,(H,11,12,13);/q;+1/p-1. The van der Waals surface area contributed by atoms with Crippen LogP contribution in [0.5, 0.6) is 0 Å². The van der Waals surface area contributed by atoms with Crippen molar-refractivity contribution in [1.82, 2.24) is 0 Å². The van der Waals surface area contributed by atoms with E-state index < -0.39 is 15.6 Å². The Bertz CT molecular complexity index is 232. The third-order valence-electron chi connectivity index (χ3n) is 2.10. The fourth-order valence-corrected chi connectivity index (χ4v) is 1.68. The summed E-state index contributed by atoms with van der Waals surface area (Å²) >= 11 is 0. The van der Waals surface area contributed by atoms with E-state index in [1.165, 1.54) is 0 Å². The zero-order valence-electron chi connectivity index (χ0n) is 9.54. The van der Waals surface area contributed by atoms with Crippen LogP contribution in [0.2, 0.25) is 0 Å². The molecule has 0 heterocycles. The molecule has 15 heavy (non-hydrogen) atoms. The van der Waals surface area contributed by atoms with Gasteiger partial charge in [0.2, 0.25) is 0 Å². The summed E-state index contributed by atoms with van der Waals surface area (Å²) in [5, 5.41) is 0. The molecule has 0 aliphatic carbocycles. The van der Waals surface area contributed by atoms with E-state index in [4.69, 9.17) is 0 Å². The van der Waals surface area contributed by atoms with E-state index in [2.05, 4.69) is 6.92 Å². The van der Waals surface area contributed by atoms with Gasteiger partial charge in [0.15, 0.2) is 5.50 Å². The van der Waals surface area contributed by atoms with Gasteiger partial charge in [-0.2, -0.15) is 0 Å². The van der Waals surface area contributed by atoms with E-state index in [1.807, 2.05) is 0 Å². The van der Waals surface area contributed by atoms with Gasteiger partial charge in [0.25, 0.3) is 0 Å². The normalized spacial score (nSPS) is 13.3. The fraction of sp³-hybridized carbons (Fsp3) is 1.00. The summed E-state index contributed by atoms with van der Waals surface area (Å²) in [5.41, 5.74) is -2.21. The molecule has 0 bridgehead atoms. The Morgan fingerprint density at radius 3 is 2.07 bits per heavy atom. The zero-order valence-corrected chi connectivity index (χ0v) is 10.4. The van der Waals surface area contributed by atoms with Crippen LogP contribution in [0, 0.1) is 0 Å². The van der Waals surface area contributed by atoms with E-state index in [9.17, 15) is 17.4 Å². The number of unbranched alkanes of at least 4 members (excludes halogenated alkanes) is 5. The van der Waals surface area contributed by atoms with Gasteiger partial charge in [-0.05, 0) is 12.8 Å². The summed E-state index contributed by atoms with van der Waals surface area (Å²) in [4.78, 5) is 0. The molecule has 0 aromatic carbocycles. The number of alkyl halides is 1. The first kappa shape index (κ1) is 17.8. The van der Waals surface area contributed by atoms with E-state index in [-0.39, 0.29) is 25.3 Å². The maximum Gasteiger partial charge on any atom is 1.00 e. The van der Waals surface area contributed by atoms with E-state index in [1.54, 1.807) is 0 Å². The maximum atomic E-state index is 12.6. The van der Waals surface area contributed by atoms with Gasteiger partial charge in [0, 0.05) is 0 Å². The third kappa shape index (κ3) is 10.7. The summed E-state index contributed by atoms with van der Waals surface area (Å²) in [6, 6.07) is 0. The summed E-state index contributed by atoms with van der Waals surface area (Å²) in [7, 11) is -4.72. The SMILES string of the molecule is CCCCCCCCC(F)S(=O)(=O)[O-].[Li+]. The molecule has 0 saturated carbocycles. The molecule has 0 rings (SSSR count). The number of rotatable bonds is 8. The summed E-state index contributed by atoms with van der Waals surface area (Å²) in [6.45, 7) is 2.10. The molecule has 3 nitrogen and oxygen atoms in total. The fourth-order valence-electron chi connectivity index (χ4n) is 1.23. The summed E-state index contributed by atoms with van der Waals surface area (Å²) < 4.78 is 43.1. The molecule has 0 amide bonds. The minimum atomic E-state index is -4.72. The molecule has 0 saturated heterocycles. The molecule has 0 aromatic heterocycles. The first-order chi connectivity index (χ1) is 6.48. The maximum absolute atomic E-state index is 12.6. The Kier molecular flexibility index (Phi) is 11.5. The van der Waals surface area contributed by atoms with Gasteiger partial charge in [0.1, 0.15) is 10.1 Å². The first-order valence-electron chi connectivity index (χ1n) is 5.07. The molecule has 0 fully saturated rings. The van der Waals surface area contributed by atoms with Crippen molar-refractivity contribution in [2.75, 3.05) is 0 Å². The van der Waals surface area contributed by atoms with Crippen molar-refractivity contribution < 1.29 is 36.2 Å². The molecule has 6 heteroatoms. The quantitative estimate of drug-likeness (QED) is 0.324. The van der Waals surface area contributed by atoms with Crippen LogP contribution < -0.4 is 18.9 Å². The number of halogens is 1. The summed E-state index contributed by atoms with van der Waals surface area (Å²) in [5.74, 6) is 0. The van der Waals surface area contributed by atoms with Gasteiger partial charge in [-0.1, -0.05) is 39.0 Å².